The highest BCUT2D eigenvalue weighted by Crippen LogP contribution is 2.17. The Hall–Kier alpha value is -1.02. The highest BCUT2D eigenvalue weighted by molar-refractivity contribution is 5.83. The fraction of sp³-hybridized carbons (Fsp3) is 0.846. The standard InChI is InChI=1S/C13H22N2O5/c1-4-14-13(16)15(9(2)17-5-11-7-19-11)10(3)18-6-12-8-20-12/h4,9-12H,5-8H2,1-3H3/b14-4+. The van der Waals surface area contributed by atoms with E-state index in [0.717, 1.165) is 13.2 Å². The zero-order valence-electron chi connectivity index (χ0n) is 12.2. The number of hydrogen-bond donors (Lipinski definition) is 0. The molecular formula is C13H22N2O5. The molecule has 2 saturated heterocycles. The predicted octanol–water partition coefficient (Wildman–Crippen LogP) is 1.02. The van der Waals surface area contributed by atoms with Gasteiger partial charge in [-0.25, -0.2) is 9.79 Å². The molecule has 2 heterocycles. The fourth-order valence-electron chi connectivity index (χ4n) is 1.77. The molecule has 0 aromatic heterocycles. The highest BCUT2D eigenvalue weighted by atomic mass is 16.6. The van der Waals surface area contributed by atoms with Gasteiger partial charge in [0, 0.05) is 6.21 Å². The van der Waals surface area contributed by atoms with Crippen molar-refractivity contribution in [3.63, 3.8) is 0 Å². The van der Waals surface area contributed by atoms with E-state index in [1.807, 2.05) is 0 Å². The smallest absolute Gasteiger partial charge is 0.347 e. The minimum absolute atomic E-state index is 0.153. The van der Waals surface area contributed by atoms with Crippen molar-refractivity contribution in [2.75, 3.05) is 26.4 Å². The van der Waals surface area contributed by atoms with E-state index in [4.69, 9.17) is 18.9 Å². The van der Waals surface area contributed by atoms with Crippen LogP contribution in [0.5, 0.6) is 0 Å². The molecule has 2 rings (SSSR count). The fourth-order valence-corrected chi connectivity index (χ4v) is 1.77. The lowest BCUT2D eigenvalue weighted by atomic mass is 10.4. The molecule has 0 aromatic rings. The number of carbonyl (C=O) groups excluding carboxylic acids is 1. The van der Waals surface area contributed by atoms with Crippen molar-refractivity contribution in [2.24, 2.45) is 4.99 Å². The van der Waals surface area contributed by atoms with Crippen LogP contribution in [0.2, 0.25) is 0 Å². The Morgan fingerprint density at radius 2 is 1.70 bits per heavy atom. The highest BCUT2D eigenvalue weighted by Gasteiger charge is 2.31. The Morgan fingerprint density at radius 3 is 2.05 bits per heavy atom. The molecule has 7 nitrogen and oxygen atoms in total. The molecule has 2 aliphatic heterocycles. The molecule has 0 radical (unpaired) electrons. The minimum Gasteiger partial charge on any atom is -0.371 e. The third-order valence-corrected chi connectivity index (χ3v) is 3.10. The zero-order valence-corrected chi connectivity index (χ0v) is 12.2. The van der Waals surface area contributed by atoms with E-state index < -0.39 is 12.5 Å². The number of aliphatic imine (C=N–C) groups is 1. The summed E-state index contributed by atoms with van der Waals surface area (Å²) in [5, 5.41) is 0. The number of epoxide rings is 2. The van der Waals surface area contributed by atoms with E-state index in [2.05, 4.69) is 4.99 Å². The van der Waals surface area contributed by atoms with Gasteiger partial charge in [0.2, 0.25) is 0 Å². The Bertz CT molecular complexity index is 333. The molecule has 2 fully saturated rings. The summed E-state index contributed by atoms with van der Waals surface area (Å²) >= 11 is 0. The van der Waals surface area contributed by atoms with E-state index >= 15 is 0 Å². The van der Waals surface area contributed by atoms with Gasteiger partial charge in [-0.3, -0.25) is 4.90 Å². The average molecular weight is 286 g/mol. The first-order valence-corrected chi connectivity index (χ1v) is 6.89. The maximum atomic E-state index is 12.1. The van der Waals surface area contributed by atoms with Crippen molar-refractivity contribution in [1.29, 1.82) is 0 Å². The van der Waals surface area contributed by atoms with E-state index in [-0.39, 0.29) is 18.2 Å². The van der Waals surface area contributed by atoms with Crippen LogP contribution in [-0.2, 0) is 18.9 Å². The first-order chi connectivity index (χ1) is 9.61. The Balaban J connectivity index is 1.87. The summed E-state index contributed by atoms with van der Waals surface area (Å²) < 4.78 is 21.4. The SMILES string of the molecule is C/C=N/C(=O)N(C(C)OCC1CO1)C(C)OCC1CO1. The molecule has 0 bridgehead atoms. The van der Waals surface area contributed by atoms with Gasteiger partial charge in [0.25, 0.3) is 0 Å². The number of rotatable bonds is 8. The van der Waals surface area contributed by atoms with Gasteiger partial charge in [0.1, 0.15) is 24.7 Å². The maximum absolute atomic E-state index is 12.1. The van der Waals surface area contributed by atoms with Crippen LogP contribution in [0.15, 0.2) is 4.99 Å². The predicted molar refractivity (Wildman–Crippen MR) is 71.7 cm³/mol. The molecule has 0 spiro atoms. The second-order valence-corrected chi connectivity index (χ2v) is 4.85. The third-order valence-electron chi connectivity index (χ3n) is 3.10. The second kappa shape index (κ2) is 7.12. The van der Waals surface area contributed by atoms with E-state index in [1.54, 1.807) is 20.8 Å². The number of urea groups is 1. The monoisotopic (exact) mass is 286 g/mol. The summed E-state index contributed by atoms with van der Waals surface area (Å²) in [7, 11) is 0. The van der Waals surface area contributed by atoms with Crippen LogP contribution in [0.25, 0.3) is 0 Å². The van der Waals surface area contributed by atoms with Crippen LogP contribution in [0.4, 0.5) is 4.79 Å². The van der Waals surface area contributed by atoms with Crippen molar-refractivity contribution in [1.82, 2.24) is 4.90 Å². The van der Waals surface area contributed by atoms with Gasteiger partial charge in [0.15, 0.2) is 0 Å². The second-order valence-electron chi connectivity index (χ2n) is 4.85. The molecule has 4 atom stereocenters. The zero-order chi connectivity index (χ0) is 14.5. The first-order valence-electron chi connectivity index (χ1n) is 6.89. The molecule has 0 aromatic carbocycles. The molecule has 0 aliphatic carbocycles. The number of carbonyl (C=O) groups is 1. The van der Waals surface area contributed by atoms with Crippen LogP contribution in [0.1, 0.15) is 20.8 Å². The molecule has 7 heteroatoms. The van der Waals surface area contributed by atoms with Gasteiger partial charge in [-0.1, -0.05) is 0 Å². The van der Waals surface area contributed by atoms with E-state index in [9.17, 15) is 4.79 Å². The molecule has 20 heavy (non-hydrogen) atoms. The average Bonchev–Trinajstić information content (AvgIpc) is 3.28. The quantitative estimate of drug-likeness (QED) is 0.378. The van der Waals surface area contributed by atoms with Crippen LogP contribution in [0, 0.1) is 0 Å². The first kappa shape index (κ1) is 15.4. The lowest BCUT2D eigenvalue weighted by molar-refractivity contribution is -0.116. The number of ether oxygens (including phenoxy) is 4. The van der Waals surface area contributed by atoms with Crippen molar-refractivity contribution in [2.45, 2.75) is 45.4 Å². The summed E-state index contributed by atoms with van der Waals surface area (Å²) in [5.41, 5.74) is 0. The van der Waals surface area contributed by atoms with Gasteiger partial charge in [-0.05, 0) is 20.8 Å². The van der Waals surface area contributed by atoms with Crippen LogP contribution in [-0.4, -0.2) is 68.2 Å². The van der Waals surface area contributed by atoms with Crippen LogP contribution in [0.3, 0.4) is 0 Å². The minimum atomic E-state index is -0.425. The summed E-state index contributed by atoms with van der Waals surface area (Å²) in [6.45, 7) is 7.69. The van der Waals surface area contributed by atoms with E-state index in [1.165, 1.54) is 11.1 Å². The van der Waals surface area contributed by atoms with Crippen molar-refractivity contribution in [3.8, 4) is 0 Å². The number of amides is 2. The van der Waals surface area contributed by atoms with Crippen LogP contribution >= 0.6 is 0 Å². The third kappa shape index (κ3) is 4.82. The van der Waals surface area contributed by atoms with Crippen molar-refractivity contribution < 1.29 is 23.7 Å². The molecule has 0 N–H and O–H groups in total. The Kier molecular flexibility index (Phi) is 5.47. The topological polar surface area (TPSA) is 76.2 Å². The maximum Gasteiger partial charge on any atom is 0.347 e. The molecule has 4 unspecified atom stereocenters. The van der Waals surface area contributed by atoms with Crippen molar-refractivity contribution in [3.05, 3.63) is 0 Å². The summed E-state index contributed by atoms with van der Waals surface area (Å²) in [4.78, 5) is 17.3. The normalized spacial score (nSPS) is 27.4. The molecule has 114 valence electrons. The van der Waals surface area contributed by atoms with Crippen LogP contribution < -0.4 is 0 Å². The molecule has 0 saturated carbocycles. The summed E-state index contributed by atoms with van der Waals surface area (Å²) in [6, 6.07) is -0.374. The summed E-state index contributed by atoms with van der Waals surface area (Å²) in [5.74, 6) is 0. The Labute approximate surface area is 118 Å². The van der Waals surface area contributed by atoms with Gasteiger partial charge in [-0.2, -0.15) is 0 Å². The Morgan fingerprint density at radius 1 is 1.25 bits per heavy atom. The van der Waals surface area contributed by atoms with Crippen molar-refractivity contribution >= 4 is 12.2 Å². The largest absolute Gasteiger partial charge is 0.371 e. The summed E-state index contributed by atoms with van der Waals surface area (Å²) in [6.07, 6.45) is 0.916. The lowest BCUT2D eigenvalue weighted by Crippen LogP contribution is -2.46. The number of nitrogens with zero attached hydrogens (tertiary/aromatic N) is 2. The molecular weight excluding hydrogens is 264 g/mol. The molecule has 2 amide bonds. The van der Waals surface area contributed by atoms with Gasteiger partial charge < -0.3 is 18.9 Å². The van der Waals surface area contributed by atoms with Gasteiger partial charge in [-0.15, -0.1) is 0 Å². The van der Waals surface area contributed by atoms with E-state index in [0.29, 0.717) is 13.2 Å². The van der Waals surface area contributed by atoms with Gasteiger partial charge in [0.05, 0.1) is 26.4 Å². The van der Waals surface area contributed by atoms with Gasteiger partial charge >= 0.3 is 6.03 Å². The molecule has 2 aliphatic rings. The lowest BCUT2D eigenvalue weighted by Gasteiger charge is -2.32. The number of hydrogen-bond acceptors (Lipinski definition) is 5.